The first kappa shape index (κ1) is 25.8. The van der Waals surface area contributed by atoms with Crippen LogP contribution in [-0.4, -0.2) is 30.7 Å². The highest BCUT2D eigenvalue weighted by Crippen LogP contribution is 2.50. The Morgan fingerprint density at radius 2 is 1.22 bits per heavy atom. The molecule has 0 saturated carbocycles. The van der Waals surface area contributed by atoms with Gasteiger partial charge in [0.25, 0.3) is 5.79 Å². The summed E-state index contributed by atoms with van der Waals surface area (Å²) < 4.78 is 143. The maximum atomic E-state index is 14.3. The van der Waals surface area contributed by atoms with Gasteiger partial charge in [-0.05, 0) is 24.1 Å². The molecule has 0 amide bonds. The largest absolute Gasteiger partial charge is 0.460 e. The van der Waals surface area contributed by atoms with E-state index in [0.717, 1.165) is 12.1 Å². The van der Waals surface area contributed by atoms with Crippen LogP contribution in [0.2, 0.25) is 0 Å². The van der Waals surface area contributed by atoms with Crippen molar-refractivity contribution in [1.29, 1.82) is 0 Å². The summed E-state index contributed by atoms with van der Waals surface area (Å²) in [5.41, 5.74) is -1.46. The molecular weight excluding hydrogens is 462 g/mol. The molecule has 2 rings (SSSR count). The lowest BCUT2D eigenvalue weighted by Gasteiger charge is -2.38. The van der Waals surface area contributed by atoms with Gasteiger partial charge in [0.05, 0.1) is 12.2 Å². The van der Waals surface area contributed by atoms with Crippen LogP contribution in [0.3, 0.4) is 0 Å². The molecule has 0 aliphatic heterocycles. The van der Waals surface area contributed by atoms with Crippen LogP contribution < -0.4 is 4.74 Å². The van der Waals surface area contributed by atoms with Crippen molar-refractivity contribution in [2.24, 2.45) is 0 Å². The van der Waals surface area contributed by atoms with Gasteiger partial charge in [0.2, 0.25) is 0 Å². The molecule has 0 radical (unpaired) electrons. The van der Waals surface area contributed by atoms with Crippen LogP contribution in [-0.2, 0) is 17.1 Å². The maximum absolute atomic E-state index is 14.3. The lowest BCUT2D eigenvalue weighted by molar-refractivity contribution is -0.390. The normalized spacial score (nSPS) is 15.3. The zero-order chi connectivity index (χ0) is 24.4. The van der Waals surface area contributed by atoms with Crippen LogP contribution in [0.5, 0.6) is 5.75 Å². The Labute approximate surface area is 175 Å². The van der Waals surface area contributed by atoms with Crippen molar-refractivity contribution >= 4 is 0 Å². The quantitative estimate of drug-likeness (QED) is 0.304. The molecule has 0 bridgehead atoms. The van der Waals surface area contributed by atoms with E-state index in [2.05, 4.69) is 9.47 Å². The first-order valence-electron chi connectivity index (χ1n) is 8.88. The van der Waals surface area contributed by atoms with Crippen molar-refractivity contribution in [2.75, 3.05) is 6.61 Å². The molecule has 1 atom stereocenters. The third kappa shape index (κ3) is 5.11. The molecule has 2 aromatic carbocycles. The van der Waals surface area contributed by atoms with Crippen LogP contribution in [0.25, 0.3) is 0 Å². The Hall–Kier alpha value is -2.50. The molecule has 0 fully saturated rings. The smallest absolute Gasteiger partial charge is 0.455 e. The van der Waals surface area contributed by atoms with Gasteiger partial charge in [-0.15, -0.1) is 0 Å². The molecule has 12 heteroatoms. The van der Waals surface area contributed by atoms with E-state index in [1.807, 2.05) is 0 Å². The highest BCUT2D eigenvalue weighted by molar-refractivity contribution is 5.38. The molecule has 0 spiro atoms. The second-order valence-electron chi connectivity index (χ2n) is 6.77. The predicted octanol–water partition coefficient (Wildman–Crippen LogP) is 6.89. The van der Waals surface area contributed by atoms with Gasteiger partial charge < -0.3 is 9.47 Å². The molecule has 2 aromatic rings. The molecule has 0 N–H and O–H groups in total. The number of halogens is 10. The van der Waals surface area contributed by atoms with E-state index in [0.29, 0.717) is 11.6 Å². The number of para-hydroxylation sites is 1. The summed E-state index contributed by atoms with van der Waals surface area (Å²) in [5, 5.41) is 0. The molecule has 32 heavy (non-hydrogen) atoms. The van der Waals surface area contributed by atoms with E-state index in [9.17, 15) is 43.9 Å². The van der Waals surface area contributed by atoms with Crippen LogP contribution >= 0.6 is 0 Å². The molecular formula is C20H16F10O2. The average Bonchev–Trinajstić information content (AvgIpc) is 2.67. The molecule has 1 unspecified atom stereocenters. The second-order valence-corrected chi connectivity index (χ2v) is 6.77. The van der Waals surface area contributed by atoms with E-state index in [-0.39, 0.29) is 19.4 Å². The minimum absolute atomic E-state index is 0.119. The molecule has 0 aromatic heterocycles. The zero-order valence-corrected chi connectivity index (χ0v) is 16.2. The Balaban J connectivity index is 2.44. The average molecular weight is 478 g/mol. The molecule has 0 aliphatic rings. The summed E-state index contributed by atoms with van der Waals surface area (Å²) in [5.74, 6) is -16.9. The fourth-order valence-electron chi connectivity index (χ4n) is 2.63. The number of rotatable bonds is 8. The number of alkyl halides is 10. The minimum atomic E-state index is -6.27. The standard InChI is InChI=1S/C20H16F10O2/c1-16(18(23,24)20(28,29)30,31-12-11-13-7-3-2-4-8-13)32-15-10-6-5-9-14(15)17(21,22)19(25,26)27/h2-10H,11-12H2,1H3. The van der Waals surface area contributed by atoms with Crippen molar-refractivity contribution in [3.8, 4) is 5.75 Å². The van der Waals surface area contributed by atoms with Crippen molar-refractivity contribution in [3.63, 3.8) is 0 Å². The van der Waals surface area contributed by atoms with Crippen LogP contribution in [0.4, 0.5) is 43.9 Å². The molecule has 2 nitrogen and oxygen atoms in total. The van der Waals surface area contributed by atoms with Gasteiger partial charge in [-0.25, -0.2) is 0 Å². The first-order valence-corrected chi connectivity index (χ1v) is 8.88. The number of hydrogen-bond donors (Lipinski definition) is 0. The number of ether oxygens (including phenoxy) is 2. The third-order valence-corrected chi connectivity index (χ3v) is 4.42. The van der Waals surface area contributed by atoms with Gasteiger partial charge in [-0.3, -0.25) is 0 Å². The third-order valence-electron chi connectivity index (χ3n) is 4.42. The predicted molar refractivity (Wildman–Crippen MR) is 92.5 cm³/mol. The number of hydrogen-bond acceptors (Lipinski definition) is 2. The highest BCUT2D eigenvalue weighted by Gasteiger charge is 2.72. The van der Waals surface area contributed by atoms with E-state index >= 15 is 0 Å². The lowest BCUT2D eigenvalue weighted by atomic mass is 10.1. The highest BCUT2D eigenvalue weighted by atomic mass is 19.4. The van der Waals surface area contributed by atoms with Gasteiger partial charge in [0.1, 0.15) is 5.75 Å². The topological polar surface area (TPSA) is 18.5 Å². The Kier molecular flexibility index (Phi) is 7.08. The Morgan fingerprint density at radius 3 is 1.75 bits per heavy atom. The molecule has 0 heterocycles. The first-order chi connectivity index (χ1) is 14.5. The Morgan fingerprint density at radius 1 is 0.688 bits per heavy atom. The maximum Gasteiger partial charge on any atom is 0.460 e. The minimum Gasteiger partial charge on any atom is -0.455 e. The SMILES string of the molecule is CC(OCCc1ccccc1)(Oc1ccccc1C(F)(F)C(F)(F)F)C(F)(F)C(F)(F)F. The van der Waals surface area contributed by atoms with Gasteiger partial charge in [-0.2, -0.15) is 43.9 Å². The van der Waals surface area contributed by atoms with Crippen molar-refractivity contribution in [1.82, 2.24) is 0 Å². The zero-order valence-electron chi connectivity index (χ0n) is 16.2. The Bertz CT molecular complexity index is 893. The summed E-state index contributed by atoms with van der Waals surface area (Å²) in [6.07, 6.45) is -12.6. The fourth-order valence-corrected chi connectivity index (χ4v) is 2.63. The van der Waals surface area contributed by atoms with Crippen molar-refractivity contribution < 1.29 is 53.4 Å². The van der Waals surface area contributed by atoms with E-state index < -0.39 is 47.9 Å². The van der Waals surface area contributed by atoms with Crippen LogP contribution in [0.1, 0.15) is 18.1 Å². The number of benzene rings is 2. The summed E-state index contributed by atoms with van der Waals surface area (Å²) >= 11 is 0. The van der Waals surface area contributed by atoms with Crippen LogP contribution in [0, 0.1) is 0 Å². The van der Waals surface area contributed by atoms with Gasteiger partial charge in [-0.1, -0.05) is 42.5 Å². The molecule has 0 aliphatic carbocycles. The second kappa shape index (κ2) is 8.80. The van der Waals surface area contributed by atoms with Crippen molar-refractivity contribution in [3.05, 3.63) is 65.7 Å². The van der Waals surface area contributed by atoms with Gasteiger partial charge >= 0.3 is 24.2 Å². The summed E-state index contributed by atoms with van der Waals surface area (Å²) in [7, 11) is 0. The summed E-state index contributed by atoms with van der Waals surface area (Å²) in [4.78, 5) is 0. The lowest BCUT2D eigenvalue weighted by Crippen LogP contribution is -2.60. The van der Waals surface area contributed by atoms with Crippen LogP contribution in [0.15, 0.2) is 54.6 Å². The fraction of sp³-hybridized carbons (Fsp3) is 0.400. The van der Waals surface area contributed by atoms with E-state index in [1.54, 1.807) is 18.2 Å². The van der Waals surface area contributed by atoms with Gasteiger partial charge in [0, 0.05) is 6.92 Å². The molecule has 0 saturated heterocycles. The summed E-state index contributed by atoms with van der Waals surface area (Å²) in [6, 6.07) is 9.95. The van der Waals surface area contributed by atoms with Gasteiger partial charge in [0.15, 0.2) is 0 Å². The van der Waals surface area contributed by atoms with Crippen molar-refractivity contribution in [2.45, 2.75) is 43.3 Å². The summed E-state index contributed by atoms with van der Waals surface area (Å²) in [6.45, 7) is -0.669. The monoisotopic (exact) mass is 478 g/mol. The van der Waals surface area contributed by atoms with E-state index in [4.69, 9.17) is 0 Å². The van der Waals surface area contributed by atoms with E-state index in [1.165, 1.54) is 12.1 Å². The molecule has 178 valence electrons.